The van der Waals surface area contributed by atoms with Crippen molar-refractivity contribution in [2.24, 2.45) is 0 Å². The van der Waals surface area contributed by atoms with Crippen molar-refractivity contribution < 1.29 is 14.3 Å². The molecule has 1 aliphatic rings. The third-order valence-corrected chi connectivity index (χ3v) is 4.35. The smallest absolute Gasteiger partial charge is 0.255 e. The van der Waals surface area contributed by atoms with Crippen molar-refractivity contribution in [2.45, 2.75) is 32.6 Å². The highest BCUT2D eigenvalue weighted by molar-refractivity contribution is 6.32. The van der Waals surface area contributed by atoms with Gasteiger partial charge < -0.3 is 14.8 Å². The molecule has 0 aromatic heterocycles. The van der Waals surface area contributed by atoms with Gasteiger partial charge in [0.2, 0.25) is 0 Å². The summed E-state index contributed by atoms with van der Waals surface area (Å²) in [4.78, 5) is 12.6. The molecule has 0 spiro atoms. The predicted octanol–water partition coefficient (Wildman–Crippen LogP) is 5.05. The number of rotatable bonds is 2. The Morgan fingerprint density at radius 3 is 2.44 bits per heavy atom. The molecule has 1 heterocycles. The van der Waals surface area contributed by atoms with Crippen LogP contribution in [0.2, 0.25) is 5.02 Å². The number of benzene rings is 2. The van der Waals surface area contributed by atoms with Crippen LogP contribution in [-0.2, 0) is 5.41 Å². The van der Waals surface area contributed by atoms with E-state index in [0.29, 0.717) is 35.3 Å². The largest absolute Gasteiger partial charge is 0.489 e. The molecule has 5 heteroatoms. The molecule has 1 aliphatic heterocycles. The van der Waals surface area contributed by atoms with Gasteiger partial charge in [0, 0.05) is 17.7 Å². The van der Waals surface area contributed by atoms with Crippen molar-refractivity contribution >= 4 is 23.2 Å². The second-order valence-electron chi connectivity index (χ2n) is 7.12. The number of nitrogens with one attached hydrogen (secondary N) is 1. The quantitative estimate of drug-likeness (QED) is 0.816. The number of ether oxygens (including phenoxy) is 2. The summed E-state index contributed by atoms with van der Waals surface area (Å²) in [5.74, 6) is 0.782. The van der Waals surface area contributed by atoms with E-state index in [1.165, 1.54) is 5.56 Å². The molecule has 0 saturated heterocycles. The molecule has 0 atom stereocenters. The van der Waals surface area contributed by atoms with Gasteiger partial charge in [0.15, 0.2) is 11.5 Å². The fourth-order valence-corrected chi connectivity index (χ4v) is 2.88. The Kier molecular flexibility index (Phi) is 4.91. The zero-order valence-electron chi connectivity index (χ0n) is 14.7. The van der Waals surface area contributed by atoms with Crippen LogP contribution in [0.3, 0.4) is 0 Å². The highest BCUT2D eigenvalue weighted by Gasteiger charge is 2.19. The maximum Gasteiger partial charge on any atom is 0.255 e. The highest BCUT2D eigenvalue weighted by Crippen LogP contribution is 2.38. The molecule has 132 valence electrons. The predicted molar refractivity (Wildman–Crippen MR) is 100 cm³/mol. The third kappa shape index (κ3) is 4.07. The standard InChI is InChI=1S/C20H22ClNO3/c1-20(2,3)14-5-7-15(8-6-14)22-19(23)13-11-16(21)18-17(12-13)24-9-4-10-25-18/h5-8,11-12H,4,9-10H2,1-3H3,(H,22,23). The number of hydrogen-bond donors (Lipinski definition) is 1. The maximum absolute atomic E-state index is 12.6. The first-order valence-corrected chi connectivity index (χ1v) is 8.73. The van der Waals surface area contributed by atoms with Crippen LogP contribution >= 0.6 is 11.6 Å². The summed E-state index contributed by atoms with van der Waals surface area (Å²) < 4.78 is 11.2. The Morgan fingerprint density at radius 1 is 1.08 bits per heavy atom. The van der Waals surface area contributed by atoms with Gasteiger partial charge in [-0.2, -0.15) is 0 Å². The molecule has 25 heavy (non-hydrogen) atoms. The molecule has 0 bridgehead atoms. The number of carbonyl (C=O) groups is 1. The van der Waals surface area contributed by atoms with Gasteiger partial charge in [-0.1, -0.05) is 44.5 Å². The van der Waals surface area contributed by atoms with Crippen LogP contribution in [0, 0.1) is 0 Å². The molecule has 0 saturated carbocycles. The van der Waals surface area contributed by atoms with Crippen LogP contribution in [-0.4, -0.2) is 19.1 Å². The van der Waals surface area contributed by atoms with Gasteiger partial charge in [-0.25, -0.2) is 0 Å². The lowest BCUT2D eigenvalue weighted by atomic mass is 9.87. The van der Waals surface area contributed by atoms with E-state index in [9.17, 15) is 4.79 Å². The number of halogens is 1. The van der Waals surface area contributed by atoms with E-state index in [4.69, 9.17) is 21.1 Å². The zero-order chi connectivity index (χ0) is 18.0. The van der Waals surface area contributed by atoms with Gasteiger partial charge in [0.05, 0.1) is 18.2 Å². The van der Waals surface area contributed by atoms with E-state index in [0.717, 1.165) is 12.1 Å². The average Bonchev–Trinajstić information content (AvgIpc) is 2.80. The lowest BCUT2D eigenvalue weighted by Crippen LogP contribution is -2.14. The van der Waals surface area contributed by atoms with Crippen molar-refractivity contribution in [1.29, 1.82) is 0 Å². The Labute approximate surface area is 153 Å². The molecule has 3 rings (SSSR count). The molecule has 1 N–H and O–H groups in total. The first kappa shape index (κ1) is 17.6. The second-order valence-corrected chi connectivity index (χ2v) is 7.52. The van der Waals surface area contributed by atoms with Crippen molar-refractivity contribution in [3.05, 3.63) is 52.5 Å². The third-order valence-electron chi connectivity index (χ3n) is 4.07. The lowest BCUT2D eigenvalue weighted by Gasteiger charge is -2.19. The number of amides is 1. The van der Waals surface area contributed by atoms with Crippen LogP contribution < -0.4 is 14.8 Å². The van der Waals surface area contributed by atoms with Gasteiger partial charge in [-0.15, -0.1) is 0 Å². The molecule has 2 aromatic rings. The summed E-state index contributed by atoms with van der Waals surface area (Å²) in [6, 6.07) is 11.1. The number of anilines is 1. The van der Waals surface area contributed by atoms with Crippen LogP contribution in [0.4, 0.5) is 5.69 Å². The Balaban J connectivity index is 1.79. The van der Waals surface area contributed by atoms with E-state index in [1.807, 2.05) is 24.3 Å². The van der Waals surface area contributed by atoms with E-state index in [-0.39, 0.29) is 11.3 Å². The van der Waals surface area contributed by atoms with Gasteiger partial charge in [-0.3, -0.25) is 4.79 Å². The molecule has 1 amide bonds. The maximum atomic E-state index is 12.6. The molecule has 0 unspecified atom stereocenters. The van der Waals surface area contributed by atoms with Gasteiger partial charge in [0.1, 0.15) is 0 Å². The molecule has 0 fully saturated rings. The first-order chi connectivity index (χ1) is 11.8. The monoisotopic (exact) mass is 359 g/mol. The minimum absolute atomic E-state index is 0.0738. The van der Waals surface area contributed by atoms with Crippen LogP contribution in [0.5, 0.6) is 11.5 Å². The van der Waals surface area contributed by atoms with E-state index in [2.05, 4.69) is 26.1 Å². The zero-order valence-corrected chi connectivity index (χ0v) is 15.4. The van der Waals surface area contributed by atoms with Crippen molar-refractivity contribution in [2.75, 3.05) is 18.5 Å². The number of fused-ring (bicyclic) bond motifs is 1. The van der Waals surface area contributed by atoms with Crippen molar-refractivity contribution in [1.82, 2.24) is 0 Å². The van der Waals surface area contributed by atoms with Gasteiger partial charge in [-0.05, 0) is 35.2 Å². The lowest BCUT2D eigenvalue weighted by molar-refractivity contribution is 0.102. The average molecular weight is 360 g/mol. The summed E-state index contributed by atoms with van der Waals surface area (Å²) in [6.45, 7) is 7.56. The molecular formula is C20H22ClNO3. The van der Waals surface area contributed by atoms with E-state index in [1.54, 1.807) is 12.1 Å². The van der Waals surface area contributed by atoms with Crippen molar-refractivity contribution in [3.8, 4) is 11.5 Å². The SMILES string of the molecule is CC(C)(C)c1ccc(NC(=O)c2cc(Cl)c3c(c2)OCCCO3)cc1. The Bertz CT molecular complexity index is 779. The normalized spacial score (nSPS) is 13.9. The minimum Gasteiger partial charge on any atom is -0.489 e. The van der Waals surface area contributed by atoms with E-state index >= 15 is 0 Å². The summed E-state index contributed by atoms with van der Waals surface area (Å²) in [6.07, 6.45) is 0.784. The highest BCUT2D eigenvalue weighted by atomic mass is 35.5. The molecule has 4 nitrogen and oxygen atoms in total. The molecular weight excluding hydrogens is 338 g/mol. The van der Waals surface area contributed by atoms with Crippen LogP contribution in [0.15, 0.2) is 36.4 Å². The summed E-state index contributed by atoms with van der Waals surface area (Å²) in [5, 5.41) is 3.27. The Hall–Kier alpha value is -2.20. The summed E-state index contributed by atoms with van der Waals surface area (Å²) >= 11 is 6.25. The minimum atomic E-state index is -0.235. The van der Waals surface area contributed by atoms with Crippen LogP contribution in [0.25, 0.3) is 0 Å². The number of hydrogen-bond acceptors (Lipinski definition) is 3. The van der Waals surface area contributed by atoms with Gasteiger partial charge in [0.25, 0.3) is 5.91 Å². The fraction of sp³-hybridized carbons (Fsp3) is 0.350. The number of carbonyl (C=O) groups excluding carboxylic acids is 1. The Morgan fingerprint density at radius 2 is 1.76 bits per heavy atom. The van der Waals surface area contributed by atoms with Crippen LogP contribution in [0.1, 0.15) is 43.1 Å². The molecule has 0 radical (unpaired) electrons. The molecule has 0 aliphatic carbocycles. The second kappa shape index (κ2) is 6.96. The summed E-state index contributed by atoms with van der Waals surface area (Å²) in [5.41, 5.74) is 2.46. The fourth-order valence-electron chi connectivity index (χ4n) is 2.62. The van der Waals surface area contributed by atoms with E-state index < -0.39 is 0 Å². The van der Waals surface area contributed by atoms with Crippen molar-refractivity contribution in [3.63, 3.8) is 0 Å². The molecule has 2 aromatic carbocycles. The van der Waals surface area contributed by atoms with Gasteiger partial charge >= 0.3 is 0 Å². The first-order valence-electron chi connectivity index (χ1n) is 8.35. The summed E-state index contributed by atoms with van der Waals surface area (Å²) in [7, 11) is 0. The topological polar surface area (TPSA) is 47.6 Å².